The van der Waals surface area contributed by atoms with Crippen LogP contribution in [0.15, 0.2) is 46.8 Å². The highest BCUT2D eigenvalue weighted by atomic mass is 32.2. The Bertz CT molecular complexity index is 1250. The predicted molar refractivity (Wildman–Crippen MR) is 120 cm³/mol. The molecular weight excluding hydrogens is 434 g/mol. The van der Waals surface area contributed by atoms with Gasteiger partial charge in [0.05, 0.1) is 27.2 Å². The monoisotopic (exact) mass is 457 g/mol. The van der Waals surface area contributed by atoms with E-state index in [1.54, 1.807) is 35.0 Å². The van der Waals surface area contributed by atoms with Crippen molar-refractivity contribution in [1.29, 1.82) is 0 Å². The predicted octanol–water partition coefficient (Wildman–Crippen LogP) is 3.83. The first-order valence-electron chi connectivity index (χ1n) is 10.3. The Kier molecular flexibility index (Phi) is 5.19. The van der Waals surface area contributed by atoms with E-state index in [0.717, 1.165) is 21.5 Å². The van der Waals surface area contributed by atoms with Crippen molar-refractivity contribution < 1.29 is 17.9 Å². The molecule has 2 aliphatic heterocycles. The molecule has 5 rings (SSSR count). The van der Waals surface area contributed by atoms with Gasteiger partial charge in [-0.2, -0.15) is 4.31 Å². The Morgan fingerprint density at radius 3 is 2.81 bits per heavy atom. The SMILES string of the molecule is CC1COc2ccc(S(=O)(=O)N3CCC(C(=O)Nc4ccc5scnc5c4)CC3)cc21. The number of carbonyl (C=O) groups excluding carboxylic acids is 1. The first-order valence-corrected chi connectivity index (χ1v) is 12.6. The third-order valence-corrected chi connectivity index (χ3v) is 8.77. The summed E-state index contributed by atoms with van der Waals surface area (Å²) < 4.78 is 34.4. The van der Waals surface area contributed by atoms with Crippen LogP contribution in [0, 0.1) is 5.92 Å². The standard InChI is InChI=1S/C22H23N3O4S2/c1-14-12-29-20-4-3-17(11-18(14)20)31(27,28)25-8-6-15(7-9-25)22(26)24-16-2-5-21-19(10-16)23-13-30-21/h2-5,10-11,13-15H,6-9,12H2,1H3,(H,24,26). The number of hydrogen-bond donors (Lipinski definition) is 1. The van der Waals surface area contributed by atoms with Crippen molar-refractivity contribution in [3.05, 3.63) is 47.5 Å². The van der Waals surface area contributed by atoms with Crippen LogP contribution in [0.1, 0.15) is 31.2 Å². The van der Waals surface area contributed by atoms with Crippen molar-refractivity contribution in [3.8, 4) is 5.75 Å². The Hall–Kier alpha value is -2.49. The minimum atomic E-state index is -3.59. The van der Waals surface area contributed by atoms with Gasteiger partial charge in [-0.05, 0) is 49.2 Å². The maximum absolute atomic E-state index is 13.1. The van der Waals surface area contributed by atoms with Gasteiger partial charge in [0.1, 0.15) is 5.75 Å². The van der Waals surface area contributed by atoms with Gasteiger partial charge in [0.15, 0.2) is 0 Å². The topological polar surface area (TPSA) is 88.6 Å². The highest BCUT2D eigenvalue weighted by molar-refractivity contribution is 7.89. The quantitative estimate of drug-likeness (QED) is 0.643. The normalized spacial score (nSPS) is 19.8. The number of nitrogens with one attached hydrogen (secondary N) is 1. The number of hydrogen-bond acceptors (Lipinski definition) is 6. The second-order valence-electron chi connectivity index (χ2n) is 8.11. The molecule has 1 atom stereocenters. The van der Waals surface area contributed by atoms with Crippen LogP contribution in [0.4, 0.5) is 5.69 Å². The zero-order chi connectivity index (χ0) is 21.6. The van der Waals surface area contributed by atoms with Gasteiger partial charge in [-0.15, -0.1) is 11.3 Å². The number of anilines is 1. The Balaban J connectivity index is 1.24. The van der Waals surface area contributed by atoms with E-state index in [9.17, 15) is 13.2 Å². The number of aromatic nitrogens is 1. The first-order chi connectivity index (χ1) is 14.9. The second kappa shape index (κ2) is 7.89. The molecule has 0 spiro atoms. The third-order valence-electron chi connectivity index (χ3n) is 6.06. The molecule has 0 aliphatic carbocycles. The molecule has 1 amide bonds. The number of thiazole rings is 1. The smallest absolute Gasteiger partial charge is 0.243 e. The highest BCUT2D eigenvalue weighted by Crippen LogP contribution is 2.36. The summed E-state index contributed by atoms with van der Waals surface area (Å²) in [6.07, 6.45) is 0.989. The fraction of sp³-hybridized carbons (Fsp3) is 0.364. The van der Waals surface area contributed by atoms with Gasteiger partial charge in [0.25, 0.3) is 0 Å². The minimum Gasteiger partial charge on any atom is -0.493 e. The fourth-order valence-electron chi connectivity index (χ4n) is 4.20. The van der Waals surface area contributed by atoms with Gasteiger partial charge in [-0.25, -0.2) is 13.4 Å². The molecule has 1 aromatic heterocycles. The van der Waals surface area contributed by atoms with Gasteiger partial charge in [-0.1, -0.05) is 6.92 Å². The molecule has 2 aromatic carbocycles. The van der Waals surface area contributed by atoms with E-state index in [0.29, 0.717) is 43.1 Å². The minimum absolute atomic E-state index is 0.0740. The van der Waals surface area contributed by atoms with Crippen molar-refractivity contribution in [2.24, 2.45) is 5.92 Å². The molecule has 9 heteroatoms. The number of nitrogens with zero attached hydrogens (tertiary/aromatic N) is 2. The van der Waals surface area contributed by atoms with E-state index in [2.05, 4.69) is 10.3 Å². The van der Waals surface area contributed by atoms with Crippen molar-refractivity contribution >= 4 is 43.2 Å². The average molecular weight is 458 g/mol. The van der Waals surface area contributed by atoms with Crippen molar-refractivity contribution in [2.75, 3.05) is 25.0 Å². The van der Waals surface area contributed by atoms with Crippen molar-refractivity contribution in [2.45, 2.75) is 30.6 Å². The summed E-state index contributed by atoms with van der Waals surface area (Å²) in [7, 11) is -3.59. The van der Waals surface area contributed by atoms with Crippen LogP contribution < -0.4 is 10.1 Å². The summed E-state index contributed by atoms with van der Waals surface area (Å²) >= 11 is 1.56. The molecule has 162 valence electrons. The molecule has 2 aliphatic rings. The van der Waals surface area contributed by atoms with Gasteiger partial charge < -0.3 is 10.1 Å². The number of rotatable bonds is 4. The molecule has 1 fully saturated rings. The maximum atomic E-state index is 13.1. The molecule has 0 bridgehead atoms. The van der Waals surface area contributed by atoms with Crippen LogP contribution in [0.2, 0.25) is 0 Å². The number of fused-ring (bicyclic) bond motifs is 2. The Labute approximate surface area is 185 Å². The lowest BCUT2D eigenvalue weighted by molar-refractivity contribution is -0.120. The lowest BCUT2D eigenvalue weighted by atomic mass is 9.97. The average Bonchev–Trinajstić information content (AvgIpc) is 3.40. The van der Waals surface area contributed by atoms with Crippen LogP contribution in [-0.4, -0.2) is 43.3 Å². The Morgan fingerprint density at radius 2 is 2.00 bits per heavy atom. The van der Waals surface area contributed by atoms with E-state index >= 15 is 0 Å². The fourth-order valence-corrected chi connectivity index (χ4v) is 6.36. The van der Waals surface area contributed by atoms with Crippen molar-refractivity contribution in [3.63, 3.8) is 0 Å². The molecule has 0 radical (unpaired) electrons. The van der Waals surface area contributed by atoms with E-state index in [1.807, 2.05) is 25.1 Å². The molecule has 31 heavy (non-hydrogen) atoms. The lowest BCUT2D eigenvalue weighted by Crippen LogP contribution is -2.41. The Morgan fingerprint density at radius 1 is 1.19 bits per heavy atom. The largest absolute Gasteiger partial charge is 0.493 e. The first kappa shape index (κ1) is 20.4. The number of piperidine rings is 1. The molecular formula is C22H23N3O4S2. The number of carbonyl (C=O) groups is 1. The molecule has 1 unspecified atom stereocenters. The molecule has 3 aromatic rings. The van der Waals surface area contributed by atoms with Gasteiger partial charge >= 0.3 is 0 Å². The maximum Gasteiger partial charge on any atom is 0.243 e. The molecule has 1 N–H and O–H groups in total. The van der Waals surface area contributed by atoms with Crippen LogP contribution in [0.5, 0.6) is 5.75 Å². The van der Waals surface area contributed by atoms with E-state index < -0.39 is 10.0 Å². The molecule has 0 saturated carbocycles. The van der Waals surface area contributed by atoms with E-state index in [4.69, 9.17) is 4.74 Å². The van der Waals surface area contributed by atoms with Crippen LogP contribution >= 0.6 is 11.3 Å². The number of sulfonamides is 1. The summed E-state index contributed by atoms with van der Waals surface area (Å²) in [6.45, 7) is 3.26. The number of amides is 1. The summed E-state index contributed by atoms with van der Waals surface area (Å²) in [4.78, 5) is 17.3. The number of ether oxygens (including phenoxy) is 1. The molecule has 3 heterocycles. The van der Waals surface area contributed by atoms with Crippen LogP contribution in [0.25, 0.3) is 10.2 Å². The summed E-state index contributed by atoms with van der Waals surface area (Å²) in [6, 6.07) is 10.8. The molecule has 7 nitrogen and oxygen atoms in total. The van der Waals surface area contributed by atoms with Crippen molar-refractivity contribution in [1.82, 2.24) is 9.29 Å². The summed E-state index contributed by atoms with van der Waals surface area (Å²) in [5.41, 5.74) is 4.29. The van der Waals surface area contributed by atoms with Gasteiger partial charge in [-0.3, -0.25) is 4.79 Å². The highest BCUT2D eigenvalue weighted by Gasteiger charge is 2.33. The van der Waals surface area contributed by atoms with Crippen LogP contribution in [-0.2, 0) is 14.8 Å². The summed E-state index contributed by atoms with van der Waals surface area (Å²) in [5, 5.41) is 2.96. The van der Waals surface area contributed by atoms with E-state index in [-0.39, 0.29) is 17.7 Å². The zero-order valence-corrected chi connectivity index (χ0v) is 18.7. The van der Waals surface area contributed by atoms with Gasteiger partial charge in [0.2, 0.25) is 15.9 Å². The van der Waals surface area contributed by atoms with E-state index in [1.165, 1.54) is 4.31 Å². The number of benzene rings is 2. The third kappa shape index (κ3) is 3.81. The zero-order valence-electron chi connectivity index (χ0n) is 17.1. The lowest BCUT2D eigenvalue weighted by Gasteiger charge is -2.30. The van der Waals surface area contributed by atoms with Gasteiger partial charge in [0, 0.05) is 36.2 Å². The van der Waals surface area contributed by atoms with Crippen LogP contribution in [0.3, 0.4) is 0 Å². The molecule has 1 saturated heterocycles. The second-order valence-corrected chi connectivity index (χ2v) is 10.9. The summed E-state index contributed by atoms with van der Waals surface area (Å²) in [5.74, 6) is 0.655.